The van der Waals surface area contributed by atoms with Crippen LogP contribution in [0.2, 0.25) is 0 Å². The van der Waals surface area contributed by atoms with Gasteiger partial charge in [-0.05, 0) is 59.4 Å². The molecule has 13 heteroatoms. The molecule has 0 radical (unpaired) electrons. The molecule has 2 unspecified atom stereocenters. The van der Waals surface area contributed by atoms with Gasteiger partial charge in [-0.1, -0.05) is 44.2 Å². The van der Waals surface area contributed by atoms with E-state index >= 15 is 0 Å². The van der Waals surface area contributed by atoms with Crippen LogP contribution in [0.3, 0.4) is 0 Å². The summed E-state index contributed by atoms with van der Waals surface area (Å²) in [6, 6.07) is 4.54. The third-order valence-electron chi connectivity index (χ3n) is 5.53. The fourth-order valence-corrected chi connectivity index (χ4v) is 3.63. The molecule has 240 valence electrons. The average molecular weight is 608 g/mol. The highest BCUT2D eigenvalue weighted by Crippen LogP contribution is 2.13. The monoisotopic (exact) mass is 607 g/mol. The molecule has 3 amide bonds. The molecule has 0 aromatic heterocycles. The number of rotatable bonds is 14. The molecule has 0 heterocycles. The van der Waals surface area contributed by atoms with Crippen LogP contribution in [0.25, 0.3) is 0 Å². The zero-order valence-corrected chi connectivity index (χ0v) is 26.1. The van der Waals surface area contributed by atoms with Crippen LogP contribution >= 0.6 is 0 Å². The minimum atomic E-state index is -1.53. The van der Waals surface area contributed by atoms with Crippen molar-refractivity contribution < 1.29 is 48.1 Å². The number of esters is 2. The second-order valence-corrected chi connectivity index (χ2v) is 12.3. The molecule has 0 fully saturated rings. The van der Waals surface area contributed by atoms with Gasteiger partial charge in [-0.15, -0.1) is 0 Å². The lowest BCUT2D eigenvalue weighted by Gasteiger charge is -2.26. The highest BCUT2D eigenvalue weighted by atomic mass is 16.6. The van der Waals surface area contributed by atoms with Gasteiger partial charge in [-0.2, -0.15) is 0 Å². The number of carbonyl (C=O) groups is 6. The number of nitrogens with one attached hydrogen (secondary N) is 3. The van der Waals surface area contributed by atoms with Crippen LogP contribution in [0.5, 0.6) is 0 Å². The highest BCUT2D eigenvalue weighted by molar-refractivity contribution is 5.94. The topological polar surface area (TPSA) is 186 Å². The van der Waals surface area contributed by atoms with Gasteiger partial charge in [0.2, 0.25) is 11.8 Å². The third kappa shape index (κ3) is 15.6. The number of benzene rings is 1. The average Bonchev–Trinajstić information content (AvgIpc) is 2.85. The van der Waals surface area contributed by atoms with E-state index in [1.807, 2.05) is 0 Å². The minimum Gasteiger partial charge on any atom is -0.480 e. The zero-order valence-electron chi connectivity index (χ0n) is 26.1. The summed E-state index contributed by atoms with van der Waals surface area (Å²) < 4.78 is 15.8. The number of ether oxygens (including phenoxy) is 3. The van der Waals surface area contributed by atoms with Crippen LogP contribution in [-0.2, 0) is 44.8 Å². The van der Waals surface area contributed by atoms with Crippen molar-refractivity contribution in [3.05, 3.63) is 35.9 Å². The van der Waals surface area contributed by atoms with Crippen LogP contribution in [-0.4, -0.2) is 70.2 Å². The van der Waals surface area contributed by atoms with E-state index in [0.717, 1.165) is 0 Å². The molecule has 0 aliphatic carbocycles. The molecule has 0 spiro atoms. The van der Waals surface area contributed by atoms with Crippen molar-refractivity contribution in [2.24, 2.45) is 5.92 Å². The van der Waals surface area contributed by atoms with Gasteiger partial charge >= 0.3 is 24.0 Å². The first-order chi connectivity index (χ1) is 19.8. The van der Waals surface area contributed by atoms with E-state index in [4.69, 9.17) is 14.2 Å². The standard InChI is InChI=1S/C30H45N3O10/c1-18(2)24(27(38)39)33-25(36)20(14-15-22(34)42-29(3,4)5)31-26(37)21(16-23(35)43-30(6,7)8)32-28(40)41-17-19-12-10-9-11-13-19/h9-13,18,20-21,24H,14-17H2,1-8H3,(H,31,37)(H,32,40)(H,33,36)(H,38,39)/t20?,21-,24?/m0/s1. The number of carboxylic acid groups (broad SMARTS) is 1. The summed E-state index contributed by atoms with van der Waals surface area (Å²) in [7, 11) is 0. The summed E-state index contributed by atoms with van der Waals surface area (Å²) in [6.45, 7) is 13.0. The lowest BCUT2D eigenvalue weighted by atomic mass is 10.0. The number of hydrogen-bond acceptors (Lipinski definition) is 9. The molecule has 0 saturated carbocycles. The number of hydrogen-bond donors (Lipinski definition) is 4. The summed E-state index contributed by atoms with van der Waals surface area (Å²) in [6.07, 6.45) is -2.16. The molecular weight excluding hydrogens is 562 g/mol. The van der Waals surface area contributed by atoms with Crippen molar-refractivity contribution in [3.8, 4) is 0 Å². The fraction of sp³-hybridized carbons (Fsp3) is 0.600. The molecule has 0 aliphatic heterocycles. The van der Waals surface area contributed by atoms with E-state index in [-0.39, 0.29) is 19.4 Å². The Kier molecular flexibility index (Phi) is 14.1. The predicted octanol–water partition coefficient (Wildman–Crippen LogP) is 2.85. The summed E-state index contributed by atoms with van der Waals surface area (Å²) in [4.78, 5) is 75.8. The number of aliphatic carboxylic acids is 1. The SMILES string of the molecule is CC(C)C(NC(=O)C(CCC(=O)OC(C)(C)C)NC(=O)[C@H](CC(=O)OC(C)(C)C)NC(=O)OCc1ccccc1)C(=O)O. The Morgan fingerprint density at radius 1 is 0.767 bits per heavy atom. The molecule has 4 N–H and O–H groups in total. The Labute approximate surface area is 252 Å². The van der Waals surface area contributed by atoms with Crippen molar-refractivity contribution in [1.82, 2.24) is 16.0 Å². The van der Waals surface area contributed by atoms with Crippen molar-refractivity contribution in [3.63, 3.8) is 0 Å². The van der Waals surface area contributed by atoms with E-state index in [0.29, 0.717) is 5.56 Å². The van der Waals surface area contributed by atoms with Gasteiger partial charge < -0.3 is 35.3 Å². The first kappa shape index (κ1) is 36.9. The third-order valence-corrected chi connectivity index (χ3v) is 5.53. The van der Waals surface area contributed by atoms with Crippen molar-refractivity contribution in [2.45, 2.75) is 111 Å². The van der Waals surface area contributed by atoms with E-state index in [1.54, 1.807) is 85.7 Å². The van der Waals surface area contributed by atoms with Crippen molar-refractivity contribution >= 4 is 35.8 Å². The van der Waals surface area contributed by atoms with Crippen LogP contribution in [0, 0.1) is 5.92 Å². The maximum absolute atomic E-state index is 13.4. The van der Waals surface area contributed by atoms with Crippen LogP contribution in [0.1, 0.15) is 80.2 Å². The van der Waals surface area contributed by atoms with Gasteiger partial charge in [-0.25, -0.2) is 9.59 Å². The normalized spacial score (nSPS) is 13.6. The summed E-state index contributed by atoms with van der Waals surface area (Å²) in [5.41, 5.74) is -1.00. The van der Waals surface area contributed by atoms with Gasteiger partial charge in [0.1, 0.15) is 35.9 Å². The predicted molar refractivity (Wildman–Crippen MR) is 155 cm³/mol. The van der Waals surface area contributed by atoms with E-state index in [1.165, 1.54) is 0 Å². The first-order valence-corrected chi connectivity index (χ1v) is 14.0. The second kappa shape index (κ2) is 16.5. The lowest BCUT2D eigenvalue weighted by molar-refractivity contribution is -0.156. The van der Waals surface area contributed by atoms with Crippen LogP contribution < -0.4 is 16.0 Å². The minimum absolute atomic E-state index is 0.111. The van der Waals surface area contributed by atoms with Gasteiger partial charge in [0.25, 0.3) is 0 Å². The number of carbonyl (C=O) groups excluding carboxylic acids is 5. The van der Waals surface area contributed by atoms with Gasteiger partial charge in [0.15, 0.2) is 0 Å². The Balaban J connectivity index is 3.17. The van der Waals surface area contributed by atoms with E-state index in [2.05, 4.69) is 16.0 Å². The quantitative estimate of drug-likeness (QED) is 0.181. The number of alkyl carbamates (subject to hydrolysis) is 1. The molecule has 13 nitrogen and oxygen atoms in total. The van der Waals surface area contributed by atoms with Crippen molar-refractivity contribution in [1.29, 1.82) is 0 Å². The van der Waals surface area contributed by atoms with Gasteiger partial charge in [0, 0.05) is 6.42 Å². The number of carboxylic acids is 1. The molecule has 1 aromatic carbocycles. The Bertz CT molecular complexity index is 1120. The molecule has 1 aromatic rings. The fourth-order valence-electron chi connectivity index (χ4n) is 3.63. The van der Waals surface area contributed by atoms with Gasteiger partial charge in [0.05, 0.1) is 6.42 Å². The van der Waals surface area contributed by atoms with Crippen LogP contribution in [0.15, 0.2) is 30.3 Å². The zero-order chi connectivity index (χ0) is 33.0. The summed E-state index contributed by atoms with van der Waals surface area (Å²) >= 11 is 0. The second-order valence-electron chi connectivity index (χ2n) is 12.3. The van der Waals surface area contributed by atoms with Gasteiger partial charge in [-0.3, -0.25) is 19.2 Å². The molecule has 3 atom stereocenters. The Morgan fingerprint density at radius 3 is 1.81 bits per heavy atom. The Hall–Kier alpha value is -4.16. The van der Waals surface area contributed by atoms with Crippen molar-refractivity contribution in [2.75, 3.05) is 0 Å². The molecule has 0 saturated heterocycles. The molecule has 0 bridgehead atoms. The summed E-state index contributed by atoms with van der Waals surface area (Å²) in [5, 5.41) is 16.7. The molecule has 43 heavy (non-hydrogen) atoms. The largest absolute Gasteiger partial charge is 0.480 e. The number of amides is 3. The summed E-state index contributed by atoms with van der Waals surface area (Å²) in [5.74, 6) is -5.07. The highest BCUT2D eigenvalue weighted by Gasteiger charge is 2.33. The maximum Gasteiger partial charge on any atom is 0.408 e. The smallest absolute Gasteiger partial charge is 0.408 e. The first-order valence-electron chi connectivity index (χ1n) is 14.0. The molecule has 0 aliphatic rings. The van der Waals surface area contributed by atoms with E-state index in [9.17, 15) is 33.9 Å². The molecular formula is C30H45N3O10. The molecule has 1 rings (SSSR count). The Morgan fingerprint density at radius 2 is 1.30 bits per heavy atom. The van der Waals surface area contributed by atoms with E-state index < -0.39 is 77.5 Å². The van der Waals surface area contributed by atoms with Crippen LogP contribution in [0.4, 0.5) is 4.79 Å². The maximum atomic E-state index is 13.4. The lowest BCUT2D eigenvalue weighted by Crippen LogP contribution is -2.57.